The van der Waals surface area contributed by atoms with Gasteiger partial charge in [-0.05, 0) is 25.5 Å². The molecule has 0 bridgehead atoms. The fourth-order valence-corrected chi connectivity index (χ4v) is 2.42. The lowest BCUT2D eigenvalue weighted by atomic mass is 10.2. The summed E-state index contributed by atoms with van der Waals surface area (Å²) in [6.45, 7) is 7.79. The van der Waals surface area contributed by atoms with E-state index in [4.69, 9.17) is 5.84 Å². The van der Waals surface area contributed by atoms with Crippen LogP contribution in [0.5, 0.6) is 0 Å². The Bertz CT molecular complexity index is 457. The number of nitrogens with zero attached hydrogens (tertiary/aromatic N) is 3. The highest BCUT2D eigenvalue weighted by molar-refractivity contribution is 5.93. The minimum atomic E-state index is -0.0223. The monoisotopic (exact) mass is 277 g/mol. The van der Waals surface area contributed by atoms with Crippen LogP contribution in [0.2, 0.25) is 0 Å². The first-order valence-corrected chi connectivity index (χ1v) is 7.11. The van der Waals surface area contributed by atoms with E-state index in [2.05, 4.69) is 29.2 Å². The van der Waals surface area contributed by atoms with E-state index in [1.54, 1.807) is 18.3 Å². The SMILES string of the molecule is CCC(C)N1CCN(C(=O)c2cc(NN)ccn2)CC1. The number of pyridine rings is 1. The van der Waals surface area contributed by atoms with Crippen molar-refractivity contribution in [2.24, 2.45) is 5.84 Å². The van der Waals surface area contributed by atoms with Gasteiger partial charge in [0.1, 0.15) is 5.69 Å². The van der Waals surface area contributed by atoms with Crippen LogP contribution < -0.4 is 11.3 Å². The van der Waals surface area contributed by atoms with Crippen LogP contribution in [0.15, 0.2) is 18.3 Å². The largest absolute Gasteiger partial charge is 0.335 e. The third-order valence-electron chi connectivity index (χ3n) is 3.96. The molecule has 1 aromatic rings. The van der Waals surface area contributed by atoms with E-state index < -0.39 is 0 Å². The van der Waals surface area contributed by atoms with E-state index in [1.165, 1.54) is 0 Å². The molecule has 20 heavy (non-hydrogen) atoms. The van der Waals surface area contributed by atoms with E-state index >= 15 is 0 Å². The van der Waals surface area contributed by atoms with E-state index in [9.17, 15) is 4.79 Å². The quantitative estimate of drug-likeness (QED) is 0.632. The fourth-order valence-electron chi connectivity index (χ4n) is 2.42. The number of nitrogens with one attached hydrogen (secondary N) is 1. The molecule has 3 N–H and O–H groups in total. The van der Waals surface area contributed by atoms with Gasteiger partial charge >= 0.3 is 0 Å². The van der Waals surface area contributed by atoms with Crippen molar-refractivity contribution < 1.29 is 4.79 Å². The molecule has 0 spiro atoms. The molecular weight excluding hydrogens is 254 g/mol. The number of carbonyl (C=O) groups is 1. The molecule has 0 aromatic carbocycles. The molecule has 6 heteroatoms. The number of nitrogens with two attached hydrogens (primary N) is 1. The van der Waals surface area contributed by atoms with Crippen LogP contribution in [0, 0.1) is 0 Å². The number of hydrogen-bond donors (Lipinski definition) is 2. The third kappa shape index (κ3) is 3.26. The molecule has 6 nitrogen and oxygen atoms in total. The number of nitrogen functional groups attached to an aromatic ring is 1. The smallest absolute Gasteiger partial charge is 0.272 e. The molecule has 1 saturated heterocycles. The maximum absolute atomic E-state index is 12.4. The standard InChI is InChI=1S/C14H23N5O/c1-3-11(2)18-6-8-19(9-7-18)14(20)13-10-12(17-15)4-5-16-13/h4-5,10-11H,3,6-9,15H2,1-2H3,(H,16,17). The lowest BCUT2D eigenvalue weighted by molar-refractivity contribution is 0.0574. The van der Waals surface area contributed by atoms with Crippen LogP contribution in [0.25, 0.3) is 0 Å². The Morgan fingerprint density at radius 1 is 1.45 bits per heavy atom. The first-order chi connectivity index (χ1) is 9.65. The third-order valence-corrected chi connectivity index (χ3v) is 3.96. The van der Waals surface area contributed by atoms with Crippen molar-refractivity contribution in [1.29, 1.82) is 0 Å². The van der Waals surface area contributed by atoms with Gasteiger partial charge in [0.15, 0.2) is 0 Å². The van der Waals surface area contributed by atoms with Gasteiger partial charge in [0.25, 0.3) is 5.91 Å². The normalized spacial score (nSPS) is 17.9. The van der Waals surface area contributed by atoms with Gasteiger partial charge in [0, 0.05) is 38.4 Å². The molecule has 110 valence electrons. The highest BCUT2D eigenvalue weighted by Crippen LogP contribution is 2.13. The Balaban J connectivity index is 1.97. The highest BCUT2D eigenvalue weighted by atomic mass is 16.2. The Morgan fingerprint density at radius 3 is 2.75 bits per heavy atom. The molecule has 1 unspecified atom stereocenters. The van der Waals surface area contributed by atoms with Crippen LogP contribution in [0.3, 0.4) is 0 Å². The maximum atomic E-state index is 12.4. The average molecular weight is 277 g/mol. The summed E-state index contributed by atoms with van der Waals surface area (Å²) in [6, 6.07) is 4.00. The van der Waals surface area contributed by atoms with Gasteiger partial charge in [-0.25, -0.2) is 0 Å². The van der Waals surface area contributed by atoms with Gasteiger partial charge in [-0.1, -0.05) is 6.92 Å². The Labute approximate surface area is 119 Å². The van der Waals surface area contributed by atoms with Gasteiger partial charge in [-0.2, -0.15) is 0 Å². The molecular formula is C14H23N5O. The molecule has 0 aliphatic carbocycles. The number of aromatic nitrogens is 1. The topological polar surface area (TPSA) is 74.5 Å². The molecule has 1 aromatic heterocycles. The summed E-state index contributed by atoms with van der Waals surface area (Å²) < 4.78 is 0. The van der Waals surface area contributed by atoms with Gasteiger partial charge in [-0.15, -0.1) is 0 Å². The lowest BCUT2D eigenvalue weighted by Crippen LogP contribution is -2.51. The molecule has 1 aliphatic rings. The molecule has 2 rings (SSSR count). The number of hydrazine groups is 1. The minimum absolute atomic E-state index is 0.0223. The van der Waals surface area contributed by atoms with E-state index in [1.807, 2.05) is 4.90 Å². The predicted molar refractivity (Wildman–Crippen MR) is 79.3 cm³/mol. The molecule has 0 radical (unpaired) electrons. The van der Waals surface area contributed by atoms with Crippen molar-refractivity contribution in [3.8, 4) is 0 Å². The van der Waals surface area contributed by atoms with Gasteiger partial charge in [-0.3, -0.25) is 20.5 Å². The Morgan fingerprint density at radius 2 is 2.15 bits per heavy atom. The minimum Gasteiger partial charge on any atom is -0.335 e. The number of rotatable bonds is 4. The molecule has 1 fully saturated rings. The van der Waals surface area contributed by atoms with Crippen molar-refractivity contribution in [3.05, 3.63) is 24.0 Å². The fraction of sp³-hybridized carbons (Fsp3) is 0.571. The number of carbonyl (C=O) groups excluding carboxylic acids is 1. The second-order valence-electron chi connectivity index (χ2n) is 5.16. The summed E-state index contributed by atoms with van der Waals surface area (Å²) in [5.74, 6) is 5.33. The van der Waals surface area contributed by atoms with Crippen LogP contribution >= 0.6 is 0 Å². The lowest BCUT2D eigenvalue weighted by Gasteiger charge is -2.37. The number of amides is 1. The summed E-state index contributed by atoms with van der Waals surface area (Å²) in [5.41, 5.74) is 3.67. The Kier molecular flexibility index (Phi) is 4.92. The second kappa shape index (κ2) is 6.67. The van der Waals surface area contributed by atoms with Crippen molar-refractivity contribution in [2.45, 2.75) is 26.3 Å². The van der Waals surface area contributed by atoms with Crippen LogP contribution in [-0.2, 0) is 0 Å². The van der Waals surface area contributed by atoms with Crippen molar-refractivity contribution in [3.63, 3.8) is 0 Å². The molecule has 1 aliphatic heterocycles. The summed E-state index contributed by atoms with van der Waals surface area (Å²) >= 11 is 0. The van der Waals surface area contributed by atoms with Crippen LogP contribution in [-0.4, -0.2) is 52.9 Å². The van der Waals surface area contributed by atoms with Gasteiger partial charge in [0.05, 0.1) is 5.69 Å². The highest BCUT2D eigenvalue weighted by Gasteiger charge is 2.24. The summed E-state index contributed by atoms with van der Waals surface area (Å²) in [5, 5.41) is 0. The first kappa shape index (κ1) is 14.7. The zero-order valence-corrected chi connectivity index (χ0v) is 12.2. The zero-order chi connectivity index (χ0) is 14.5. The maximum Gasteiger partial charge on any atom is 0.272 e. The number of piperazine rings is 1. The van der Waals surface area contributed by atoms with E-state index in [-0.39, 0.29) is 5.91 Å². The number of hydrogen-bond acceptors (Lipinski definition) is 5. The average Bonchev–Trinajstić information content (AvgIpc) is 2.53. The van der Waals surface area contributed by atoms with Crippen molar-refractivity contribution in [1.82, 2.24) is 14.8 Å². The second-order valence-corrected chi connectivity index (χ2v) is 5.16. The predicted octanol–water partition coefficient (Wildman–Crippen LogP) is 0.924. The summed E-state index contributed by atoms with van der Waals surface area (Å²) in [6.07, 6.45) is 2.73. The van der Waals surface area contributed by atoms with Crippen molar-refractivity contribution >= 4 is 11.6 Å². The Hall–Kier alpha value is -1.66. The molecule has 1 amide bonds. The van der Waals surface area contributed by atoms with Crippen LogP contribution in [0.1, 0.15) is 30.8 Å². The molecule has 1 atom stereocenters. The van der Waals surface area contributed by atoms with Gasteiger partial charge < -0.3 is 10.3 Å². The molecule has 0 saturated carbocycles. The summed E-state index contributed by atoms with van der Waals surface area (Å²) in [4.78, 5) is 20.8. The van der Waals surface area contributed by atoms with Crippen molar-refractivity contribution in [2.75, 3.05) is 31.6 Å². The van der Waals surface area contributed by atoms with Crippen LogP contribution in [0.4, 0.5) is 5.69 Å². The van der Waals surface area contributed by atoms with E-state index in [0.29, 0.717) is 17.4 Å². The number of anilines is 1. The van der Waals surface area contributed by atoms with E-state index in [0.717, 1.165) is 32.6 Å². The molecule has 2 heterocycles. The summed E-state index contributed by atoms with van der Waals surface area (Å²) in [7, 11) is 0. The first-order valence-electron chi connectivity index (χ1n) is 7.11. The van der Waals surface area contributed by atoms with Gasteiger partial charge in [0.2, 0.25) is 0 Å². The zero-order valence-electron chi connectivity index (χ0n) is 12.2.